The molecule has 1 heterocycles. The van der Waals surface area contributed by atoms with E-state index >= 15 is 0 Å². The molecule has 0 N–H and O–H groups in total. The van der Waals surface area contributed by atoms with Gasteiger partial charge in [-0.15, -0.1) is 11.3 Å². The van der Waals surface area contributed by atoms with E-state index in [0.29, 0.717) is 0 Å². The van der Waals surface area contributed by atoms with Gasteiger partial charge in [-0.05, 0) is 89.3 Å². The summed E-state index contributed by atoms with van der Waals surface area (Å²) in [5.74, 6) is 0.985. The fourth-order valence-electron chi connectivity index (χ4n) is 6.25. The van der Waals surface area contributed by atoms with E-state index in [-0.39, 0.29) is 5.60 Å². The van der Waals surface area contributed by atoms with Gasteiger partial charge in [0.1, 0.15) is 11.4 Å². The number of hydrogen-bond donors (Lipinski definition) is 0. The number of fused-ring (bicyclic) bond motifs is 3. The lowest BCUT2D eigenvalue weighted by Gasteiger charge is -2.23. The molecule has 8 aromatic rings. The van der Waals surface area contributed by atoms with Crippen molar-refractivity contribution in [3.8, 4) is 16.2 Å². The molecular weight excluding hydrogens is 444 g/mol. The molecule has 7 aromatic carbocycles. The summed E-state index contributed by atoms with van der Waals surface area (Å²) in [5, 5.41) is 15.0. The van der Waals surface area contributed by atoms with Crippen LogP contribution in [0.25, 0.3) is 74.4 Å². The first-order valence-corrected chi connectivity index (χ1v) is 13.1. The summed E-state index contributed by atoms with van der Waals surface area (Å²) in [6.45, 7) is 8.67. The van der Waals surface area contributed by atoms with Crippen molar-refractivity contribution >= 4 is 75.3 Å². The van der Waals surface area contributed by atoms with Crippen molar-refractivity contribution in [1.82, 2.24) is 0 Å². The van der Waals surface area contributed by atoms with Crippen molar-refractivity contribution in [3.63, 3.8) is 0 Å². The highest BCUT2D eigenvalue weighted by Crippen LogP contribution is 2.55. The van der Waals surface area contributed by atoms with Crippen molar-refractivity contribution < 1.29 is 4.74 Å². The van der Waals surface area contributed by atoms with Gasteiger partial charge in [-0.25, -0.2) is 0 Å². The van der Waals surface area contributed by atoms with Crippen molar-refractivity contribution in [2.75, 3.05) is 0 Å². The maximum atomic E-state index is 6.62. The summed E-state index contributed by atoms with van der Waals surface area (Å²) in [5.41, 5.74) is 2.35. The second-order valence-electron chi connectivity index (χ2n) is 10.9. The zero-order valence-electron chi connectivity index (χ0n) is 20.2. The summed E-state index contributed by atoms with van der Waals surface area (Å²) in [7, 11) is 0. The first-order chi connectivity index (χ1) is 16.9. The Kier molecular flexibility index (Phi) is 3.55. The summed E-state index contributed by atoms with van der Waals surface area (Å²) in [4.78, 5) is 1.32. The molecule has 168 valence electrons. The highest BCUT2D eigenvalue weighted by molar-refractivity contribution is 7.23. The Labute approximate surface area is 207 Å². The van der Waals surface area contributed by atoms with Gasteiger partial charge in [0.25, 0.3) is 0 Å². The lowest BCUT2D eigenvalue weighted by atomic mass is 9.94. The maximum absolute atomic E-state index is 6.62. The summed E-state index contributed by atoms with van der Waals surface area (Å²) in [6.07, 6.45) is 0. The number of thiophene rings is 1. The van der Waals surface area contributed by atoms with Crippen LogP contribution in [0.15, 0.2) is 72.8 Å². The van der Waals surface area contributed by atoms with Crippen LogP contribution in [-0.2, 0) is 0 Å². The van der Waals surface area contributed by atoms with E-state index < -0.39 is 0 Å². The normalized spacial score (nSPS) is 13.1. The van der Waals surface area contributed by atoms with Crippen LogP contribution in [0.4, 0.5) is 0 Å². The smallest absolute Gasteiger partial charge is 0.128 e. The Morgan fingerprint density at radius 3 is 2.09 bits per heavy atom. The SMILES string of the molecule is Cc1cc2c3cc(-c4ccccc4)sc3c3cc(OC(C)(C)C)c4ccc5ccc1c1c5c4c3c21. The third-order valence-corrected chi connectivity index (χ3v) is 8.76. The molecule has 0 atom stereocenters. The monoisotopic (exact) mass is 468 g/mol. The van der Waals surface area contributed by atoms with Gasteiger partial charge in [0.2, 0.25) is 0 Å². The number of rotatable bonds is 2. The molecule has 0 amide bonds. The van der Waals surface area contributed by atoms with Crippen LogP contribution in [0, 0.1) is 6.92 Å². The predicted molar refractivity (Wildman–Crippen MR) is 153 cm³/mol. The Bertz CT molecular complexity index is 2050. The lowest BCUT2D eigenvalue weighted by Crippen LogP contribution is -2.23. The molecular formula is C33H24OS. The van der Waals surface area contributed by atoms with Gasteiger partial charge >= 0.3 is 0 Å². The summed E-state index contributed by atoms with van der Waals surface area (Å²) >= 11 is 1.91. The largest absolute Gasteiger partial charge is 0.487 e. The number of ether oxygens (including phenoxy) is 1. The third-order valence-electron chi connectivity index (χ3n) is 7.54. The Hall–Kier alpha value is -3.62. The summed E-state index contributed by atoms with van der Waals surface area (Å²) < 4.78 is 7.98. The molecule has 8 rings (SSSR count). The van der Waals surface area contributed by atoms with Crippen molar-refractivity contribution in [3.05, 3.63) is 78.4 Å². The van der Waals surface area contributed by atoms with Crippen molar-refractivity contribution in [2.45, 2.75) is 33.3 Å². The Morgan fingerprint density at radius 1 is 0.629 bits per heavy atom. The van der Waals surface area contributed by atoms with Crippen LogP contribution < -0.4 is 4.74 Å². The molecule has 0 saturated carbocycles. The second-order valence-corrected chi connectivity index (χ2v) is 12.0. The molecule has 0 aliphatic heterocycles. The van der Waals surface area contributed by atoms with Gasteiger partial charge in [-0.1, -0.05) is 54.6 Å². The van der Waals surface area contributed by atoms with Crippen molar-refractivity contribution in [1.29, 1.82) is 0 Å². The van der Waals surface area contributed by atoms with Crippen LogP contribution in [0.1, 0.15) is 26.3 Å². The minimum absolute atomic E-state index is 0.271. The fourth-order valence-corrected chi connectivity index (χ4v) is 7.45. The molecule has 0 saturated heterocycles. The average Bonchev–Trinajstić information content (AvgIpc) is 3.44. The highest BCUT2D eigenvalue weighted by atomic mass is 32.1. The van der Waals surface area contributed by atoms with Crippen molar-refractivity contribution in [2.24, 2.45) is 0 Å². The molecule has 0 unspecified atom stereocenters. The predicted octanol–water partition coefficient (Wildman–Crippen LogP) is 10.1. The maximum Gasteiger partial charge on any atom is 0.128 e. The third kappa shape index (κ3) is 2.48. The number of benzene rings is 6. The van der Waals surface area contributed by atoms with Crippen LogP contribution in [0.2, 0.25) is 0 Å². The quantitative estimate of drug-likeness (QED) is 0.229. The summed E-state index contributed by atoms with van der Waals surface area (Å²) in [6, 6.07) is 27.1. The number of hydrogen-bond acceptors (Lipinski definition) is 2. The minimum Gasteiger partial charge on any atom is -0.487 e. The molecule has 0 bridgehead atoms. The highest BCUT2D eigenvalue weighted by Gasteiger charge is 2.27. The van der Waals surface area contributed by atoms with E-state index in [1.807, 2.05) is 11.3 Å². The van der Waals surface area contributed by atoms with Crippen LogP contribution >= 0.6 is 11.3 Å². The molecule has 0 aliphatic carbocycles. The average molecular weight is 469 g/mol. The van der Waals surface area contributed by atoms with Gasteiger partial charge in [0.15, 0.2) is 0 Å². The van der Waals surface area contributed by atoms with Crippen LogP contribution in [0.3, 0.4) is 0 Å². The first-order valence-electron chi connectivity index (χ1n) is 12.3. The Balaban J connectivity index is 1.67. The topological polar surface area (TPSA) is 9.23 Å². The van der Waals surface area contributed by atoms with E-state index in [1.54, 1.807) is 0 Å². The van der Waals surface area contributed by atoms with E-state index in [0.717, 1.165) is 5.75 Å². The van der Waals surface area contributed by atoms with Gasteiger partial charge in [0.05, 0.1) is 0 Å². The van der Waals surface area contributed by atoms with Gasteiger partial charge in [-0.2, -0.15) is 0 Å². The standard InChI is InChI=1S/C33H24OS/c1-17-14-22-23-16-26(18-8-6-5-7-9-18)35-32(23)24-15-25(34-33(2,3)4)21-13-11-19-10-12-20(17)28-27(19)29(21)31(24)30(22)28/h5-16H,1-4H3. The van der Waals surface area contributed by atoms with E-state index in [1.165, 1.54) is 80.0 Å². The molecule has 1 nitrogen and oxygen atoms in total. The minimum atomic E-state index is -0.271. The van der Waals surface area contributed by atoms with Crippen LogP contribution in [-0.4, -0.2) is 5.60 Å². The molecule has 0 fully saturated rings. The molecule has 0 spiro atoms. The molecule has 35 heavy (non-hydrogen) atoms. The number of aryl methyl sites for hydroxylation is 1. The van der Waals surface area contributed by atoms with Gasteiger partial charge in [0, 0.05) is 36.5 Å². The lowest BCUT2D eigenvalue weighted by molar-refractivity contribution is 0.133. The first kappa shape index (κ1) is 19.7. The van der Waals surface area contributed by atoms with Crippen LogP contribution in [0.5, 0.6) is 5.75 Å². The van der Waals surface area contributed by atoms with Gasteiger partial charge < -0.3 is 4.74 Å². The van der Waals surface area contributed by atoms with E-state index in [2.05, 4.69) is 100 Å². The zero-order chi connectivity index (χ0) is 23.6. The zero-order valence-corrected chi connectivity index (χ0v) is 21.1. The van der Waals surface area contributed by atoms with E-state index in [9.17, 15) is 0 Å². The second kappa shape index (κ2) is 6.33. The fraction of sp³-hybridized carbons (Fsp3) is 0.152. The molecule has 2 heteroatoms. The van der Waals surface area contributed by atoms with E-state index in [4.69, 9.17) is 4.74 Å². The molecule has 0 radical (unpaired) electrons. The Morgan fingerprint density at radius 2 is 1.31 bits per heavy atom. The molecule has 0 aliphatic rings. The molecule has 1 aromatic heterocycles. The van der Waals surface area contributed by atoms with Gasteiger partial charge in [-0.3, -0.25) is 0 Å².